The second kappa shape index (κ2) is 10.0. The molecule has 1 saturated heterocycles. The van der Waals surface area contributed by atoms with Crippen molar-refractivity contribution in [2.45, 2.75) is 63.1 Å². The maximum absolute atomic E-state index is 14.2. The van der Waals surface area contributed by atoms with E-state index in [1.165, 1.54) is 23.7 Å². The van der Waals surface area contributed by atoms with E-state index in [0.717, 1.165) is 61.2 Å². The van der Waals surface area contributed by atoms with Gasteiger partial charge in [0.15, 0.2) is 5.16 Å². The molecule has 0 N–H and O–H groups in total. The van der Waals surface area contributed by atoms with Crippen molar-refractivity contribution in [3.8, 4) is 11.3 Å². The van der Waals surface area contributed by atoms with Gasteiger partial charge in [-0.05, 0) is 43.2 Å². The van der Waals surface area contributed by atoms with E-state index in [2.05, 4.69) is 32.0 Å². The number of nitrogens with zero attached hydrogens (tertiary/aromatic N) is 3. The molecule has 1 aliphatic heterocycles. The minimum Gasteiger partial charge on any atom is -0.342 e. The smallest absolute Gasteiger partial charge is 0.258 e. The maximum Gasteiger partial charge on any atom is 0.258 e. The van der Waals surface area contributed by atoms with Crippen molar-refractivity contribution < 1.29 is 4.79 Å². The monoisotopic (exact) mass is 487 g/mol. The van der Waals surface area contributed by atoms with Gasteiger partial charge in [0.05, 0.1) is 23.6 Å². The molecule has 5 nitrogen and oxygen atoms in total. The Bertz CT molecular complexity index is 1280. The lowest BCUT2D eigenvalue weighted by atomic mass is 9.69. The zero-order valence-corrected chi connectivity index (χ0v) is 21.4. The highest BCUT2D eigenvalue weighted by molar-refractivity contribution is 7.99. The molecule has 6 heteroatoms. The van der Waals surface area contributed by atoms with E-state index < -0.39 is 0 Å². The third-order valence-electron chi connectivity index (χ3n) is 7.59. The number of rotatable bonds is 6. The largest absolute Gasteiger partial charge is 0.342 e. The third kappa shape index (κ3) is 4.68. The summed E-state index contributed by atoms with van der Waals surface area (Å²) in [6.45, 7) is 6.44. The molecule has 5 rings (SSSR count). The maximum atomic E-state index is 14.2. The van der Waals surface area contributed by atoms with Crippen molar-refractivity contribution in [2.75, 3.05) is 18.8 Å². The van der Waals surface area contributed by atoms with Gasteiger partial charge < -0.3 is 4.90 Å². The summed E-state index contributed by atoms with van der Waals surface area (Å²) in [5.41, 5.74) is 4.67. The van der Waals surface area contributed by atoms with Gasteiger partial charge in [0.2, 0.25) is 5.91 Å². The van der Waals surface area contributed by atoms with Gasteiger partial charge in [-0.1, -0.05) is 80.2 Å². The van der Waals surface area contributed by atoms with Gasteiger partial charge in [-0.25, -0.2) is 4.98 Å². The van der Waals surface area contributed by atoms with Crippen molar-refractivity contribution in [3.05, 3.63) is 81.6 Å². The molecule has 1 aliphatic carbocycles. The van der Waals surface area contributed by atoms with Crippen LogP contribution in [0.5, 0.6) is 0 Å². The number of piperidine rings is 1. The van der Waals surface area contributed by atoms with Gasteiger partial charge in [0, 0.05) is 24.1 Å². The molecule has 1 amide bonds. The summed E-state index contributed by atoms with van der Waals surface area (Å²) in [4.78, 5) is 34.2. The van der Waals surface area contributed by atoms with Crippen LogP contribution in [0.4, 0.5) is 0 Å². The summed E-state index contributed by atoms with van der Waals surface area (Å²) in [6.07, 6.45) is 5.01. The highest BCUT2D eigenvalue weighted by Gasteiger charge is 2.38. The van der Waals surface area contributed by atoms with Crippen molar-refractivity contribution in [3.63, 3.8) is 0 Å². The normalized spacial score (nSPS) is 19.2. The fourth-order valence-corrected chi connectivity index (χ4v) is 6.26. The van der Waals surface area contributed by atoms with Crippen LogP contribution in [0, 0.1) is 0 Å². The lowest BCUT2D eigenvalue weighted by molar-refractivity contribution is -0.129. The fraction of sp³-hybridized carbons (Fsp3) is 0.414. The molecule has 35 heavy (non-hydrogen) atoms. The molecule has 182 valence electrons. The van der Waals surface area contributed by atoms with Gasteiger partial charge in [0.1, 0.15) is 0 Å². The van der Waals surface area contributed by atoms with Crippen LogP contribution < -0.4 is 5.56 Å². The molecule has 1 atom stereocenters. The molecule has 2 heterocycles. The highest BCUT2D eigenvalue weighted by Crippen LogP contribution is 2.43. The van der Waals surface area contributed by atoms with Crippen LogP contribution in [0.2, 0.25) is 0 Å². The molecule has 0 spiro atoms. The van der Waals surface area contributed by atoms with Crippen LogP contribution >= 0.6 is 11.8 Å². The Morgan fingerprint density at radius 1 is 1.03 bits per heavy atom. The Balaban J connectivity index is 1.60. The number of amides is 1. The number of carbonyl (C=O) groups is 1. The third-order valence-corrected chi connectivity index (χ3v) is 8.55. The first kappa shape index (κ1) is 23.9. The Hall–Kier alpha value is -2.86. The van der Waals surface area contributed by atoms with Crippen molar-refractivity contribution in [2.24, 2.45) is 0 Å². The summed E-state index contributed by atoms with van der Waals surface area (Å²) >= 11 is 1.40. The summed E-state index contributed by atoms with van der Waals surface area (Å²) in [5, 5.41) is 0.623. The Kier molecular flexibility index (Phi) is 6.83. The Morgan fingerprint density at radius 2 is 1.74 bits per heavy atom. The van der Waals surface area contributed by atoms with Gasteiger partial charge in [-0.2, -0.15) is 0 Å². The molecule has 3 aromatic rings. The molecule has 0 radical (unpaired) electrons. The molecule has 1 aromatic heterocycles. The average molecular weight is 488 g/mol. The van der Waals surface area contributed by atoms with Gasteiger partial charge >= 0.3 is 0 Å². The number of benzene rings is 2. The Morgan fingerprint density at radius 3 is 2.49 bits per heavy atom. The van der Waals surface area contributed by atoms with Crippen LogP contribution in [0.15, 0.2) is 64.5 Å². The number of hydrogen-bond donors (Lipinski definition) is 0. The number of likely N-dealkylation sites (tertiary alicyclic amines) is 1. The summed E-state index contributed by atoms with van der Waals surface area (Å²) in [6, 6.07) is 18.3. The van der Waals surface area contributed by atoms with E-state index in [0.29, 0.717) is 17.5 Å². The molecule has 0 bridgehead atoms. The van der Waals surface area contributed by atoms with E-state index >= 15 is 0 Å². The summed E-state index contributed by atoms with van der Waals surface area (Å²) < 4.78 is 1.80. The fourth-order valence-electron chi connectivity index (χ4n) is 5.37. The van der Waals surface area contributed by atoms with Crippen LogP contribution in [0.25, 0.3) is 11.3 Å². The second-order valence-corrected chi connectivity index (χ2v) is 10.9. The van der Waals surface area contributed by atoms with Crippen molar-refractivity contribution in [1.82, 2.24) is 14.5 Å². The minimum atomic E-state index is -0.279. The van der Waals surface area contributed by atoms with Crippen LogP contribution in [0.3, 0.4) is 0 Å². The van der Waals surface area contributed by atoms with E-state index in [9.17, 15) is 9.59 Å². The SMILES string of the molecule is CC[C@]1(C)Cc2ccccc2-c2nc(SCC(=O)N3CCCCC3)n(Cc3ccccc3)c(=O)c21. The number of thioether (sulfide) groups is 1. The van der Waals surface area contributed by atoms with Crippen LogP contribution in [0.1, 0.15) is 56.2 Å². The molecular formula is C29H33N3O2S. The summed E-state index contributed by atoms with van der Waals surface area (Å²) in [7, 11) is 0. The molecule has 0 saturated carbocycles. The lowest BCUT2D eigenvalue weighted by Crippen LogP contribution is -2.40. The lowest BCUT2D eigenvalue weighted by Gasteiger charge is -2.36. The van der Waals surface area contributed by atoms with E-state index in [-0.39, 0.29) is 16.9 Å². The van der Waals surface area contributed by atoms with Gasteiger partial charge in [-0.3, -0.25) is 14.2 Å². The first-order valence-corrected chi connectivity index (χ1v) is 13.7. The second-order valence-electron chi connectivity index (χ2n) is 9.97. The number of fused-ring (bicyclic) bond motifs is 3. The van der Waals surface area contributed by atoms with Crippen LogP contribution in [-0.4, -0.2) is 39.2 Å². The van der Waals surface area contributed by atoms with Crippen molar-refractivity contribution >= 4 is 17.7 Å². The van der Waals surface area contributed by atoms with Gasteiger partial charge in [0.25, 0.3) is 5.56 Å². The molecule has 0 unspecified atom stereocenters. The molecular weight excluding hydrogens is 454 g/mol. The predicted octanol–water partition coefficient (Wildman–Crippen LogP) is 5.29. The van der Waals surface area contributed by atoms with Crippen LogP contribution in [-0.2, 0) is 23.2 Å². The Labute approximate surface area is 211 Å². The predicted molar refractivity (Wildman–Crippen MR) is 142 cm³/mol. The quantitative estimate of drug-likeness (QED) is 0.350. The van der Waals surface area contributed by atoms with Crippen molar-refractivity contribution in [1.29, 1.82) is 0 Å². The minimum absolute atomic E-state index is 0.0191. The number of hydrogen-bond acceptors (Lipinski definition) is 4. The molecule has 1 fully saturated rings. The zero-order chi connectivity index (χ0) is 24.4. The molecule has 2 aromatic carbocycles. The highest BCUT2D eigenvalue weighted by atomic mass is 32.2. The first-order chi connectivity index (χ1) is 17.0. The number of carbonyl (C=O) groups excluding carboxylic acids is 1. The van der Waals surface area contributed by atoms with Gasteiger partial charge in [-0.15, -0.1) is 0 Å². The first-order valence-electron chi connectivity index (χ1n) is 12.7. The van der Waals surface area contributed by atoms with E-state index in [1.807, 2.05) is 41.3 Å². The summed E-state index contributed by atoms with van der Waals surface area (Å²) in [5.74, 6) is 0.430. The number of aromatic nitrogens is 2. The topological polar surface area (TPSA) is 55.2 Å². The standard InChI is InChI=1S/C29H33N3O2S/c1-3-29(2)18-22-14-8-9-15-23(22)26-25(29)27(34)32(19-21-12-6-4-7-13-21)28(30-26)35-20-24(33)31-16-10-5-11-17-31/h4,6-9,12-15H,3,5,10-11,16-20H2,1-2H3/t29-/m1/s1. The van der Waals surface area contributed by atoms with E-state index in [4.69, 9.17) is 4.98 Å². The molecule has 2 aliphatic rings. The van der Waals surface area contributed by atoms with E-state index in [1.54, 1.807) is 4.57 Å². The average Bonchev–Trinajstić information content (AvgIpc) is 2.90. The zero-order valence-electron chi connectivity index (χ0n) is 20.6.